The maximum absolute atomic E-state index is 12.3. The number of carbonyl (C=O) groups is 1. The summed E-state index contributed by atoms with van der Waals surface area (Å²) in [4.78, 5) is 14.5. The molecule has 0 aliphatic heterocycles. The van der Waals surface area contributed by atoms with Gasteiger partial charge in [0.15, 0.2) is 0 Å². The van der Waals surface area contributed by atoms with E-state index in [4.69, 9.17) is 11.6 Å². The zero-order valence-corrected chi connectivity index (χ0v) is 8.59. The molecule has 0 radical (unpaired) electrons. The van der Waals surface area contributed by atoms with Crippen molar-refractivity contribution in [2.45, 2.75) is 12.8 Å². The predicted octanol–water partition coefficient (Wildman–Crippen LogP) is 2.39. The largest absolute Gasteiger partial charge is 0.469 e. The Morgan fingerprint density at radius 3 is 2.87 bits per heavy atom. The van der Waals surface area contributed by atoms with Crippen molar-refractivity contribution in [2.24, 2.45) is 0 Å². The van der Waals surface area contributed by atoms with E-state index in [9.17, 15) is 13.6 Å². The van der Waals surface area contributed by atoms with Gasteiger partial charge in [0.2, 0.25) is 0 Å². The number of nitrogens with zero attached hydrogens (tertiary/aromatic N) is 1. The minimum Gasteiger partial charge on any atom is -0.469 e. The molecule has 0 unspecified atom stereocenters. The van der Waals surface area contributed by atoms with Gasteiger partial charge < -0.3 is 4.74 Å². The average Bonchev–Trinajstić information content (AvgIpc) is 2.20. The normalized spacial score (nSPS) is 10.5. The molecule has 0 fully saturated rings. The van der Waals surface area contributed by atoms with E-state index < -0.39 is 12.4 Å². The Hall–Kier alpha value is -1.23. The van der Waals surface area contributed by atoms with E-state index in [1.54, 1.807) is 0 Å². The second kappa shape index (κ2) is 5.02. The summed E-state index contributed by atoms with van der Waals surface area (Å²) in [6.45, 7) is 0. The van der Waals surface area contributed by atoms with Gasteiger partial charge in [-0.2, -0.15) is 0 Å². The van der Waals surface area contributed by atoms with Crippen molar-refractivity contribution in [3.63, 3.8) is 0 Å². The maximum Gasteiger partial charge on any atom is 0.310 e. The first kappa shape index (κ1) is 11.8. The van der Waals surface area contributed by atoms with Crippen molar-refractivity contribution >= 4 is 17.6 Å². The number of hydrogen-bond donors (Lipinski definition) is 0. The van der Waals surface area contributed by atoms with Crippen LogP contribution >= 0.6 is 11.6 Å². The molecule has 1 heterocycles. The summed E-state index contributed by atoms with van der Waals surface area (Å²) in [6.07, 6.45) is -1.82. The van der Waals surface area contributed by atoms with E-state index in [1.807, 2.05) is 0 Å². The van der Waals surface area contributed by atoms with Crippen molar-refractivity contribution in [3.8, 4) is 0 Å². The second-order valence-electron chi connectivity index (χ2n) is 2.77. The summed E-state index contributed by atoms with van der Waals surface area (Å²) in [5.41, 5.74) is -0.0281. The Bertz CT molecular complexity index is 371. The first-order valence-corrected chi connectivity index (χ1v) is 4.41. The molecule has 1 aromatic heterocycles. The number of halogens is 3. The summed E-state index contributed by atoms with van der Waals surface area (Å²) in [6, 6.07) is 1.15. The third-order valence-corrected chi connectivity index (χ3v) is 2.09. The quantitative estimate of drug-likeness (QED) is 0.597. The van der Waals surface area contributed by atoms with Gasteiger partial charge in [-0.3, -0.25) is 4.79 Å². The standard InChI is InChI=1S/C9H8ClF2NO2/c1-15-7(14)3-5-2-6(9(11)12)4-13-8(5)10/h2,4,9H,3H2,1H3. The number of pyridine rings is 1. The molecule has 0 saturated heterocycles. The van der Waals surface area contributed by atoms with Crippen LogP contribution in [0.5, 0.6) is 0 Å². The molecule has 0 aromatic carbocycles. The van der Waals surface area contributed by atoms with E-state index in [0.29, 0.717) is 0 Å². The van der Waals surface area contributed by atoms with Crippen LogP contribution in [-0.2, 0) is 16.0 Å². The molecule has 0 bridgehead atoms. The van der Waals surface area contributed by atoms with Gasteiger partial charge in [0.1, 0.15) is 5.15 Å². The lowest BCUT2D eigenvalue weighted by atomic mass is 10.1. The Morgan fingerprint density at radius 1 is 1.67 bits per heavy atom. The van der Waals surface area contributed by atoms with Gasteiger partial charge in [-0.1, -0.05) is 11.6 Å². The molecule has 0 aliphatic rings. The van der Waals surface area contributed by atoms with Gasteiger partial charge in [0, 0.05) is 17.3 Å². The lowest BCUT2D eigenvalue weighted by molar-refractivity contribution is -0.139. The van der Waals surface area contributed by atoms with Crippen molar-refractivity contribution in [1.82, 2.24) is 4.98 Å². The topological polar surface area (TPSA) is 39.2 Å². The van der Waals surface area contributed by atoms with Crippen LogP contribution in [0, 0.1) is 0 Å². The molecule has 0 aliphatic carbocycles. The number of alkyl halides is 2. The van der Waals surface area contributed by atoms with E-state index in [-0.39, 0.29) is 22.7 Å². The number of esters is 1. The number of hydrogen-bond acceptors (Lipinski definition) is 3. The Kier molecular flexibility index (Phi) is 3.96. The van der Waals surface area contributed by atoms with Gasteiger partial charge in [0.05, 0.1) is 13.5 Å². The molecule has 3 nitrogen and oxygen atoms in total. The molecule has 0 N–H and O–H groups in total. The lowest BCUT2D eigenvalue weighted by Gasteiger charge is -2.05. The molecular formula is C9H8ClF2NO2. The number of ether oxygens (including phenoxy) is 1. The second-order valence-corrected chi connectivity index (χ2v) is 3.13. The summed E-state index contributed by atoms with van der Waals surface area (Å²) in [5.74, 6) is -0.551. The molecular weight excluding hydrogens is 228 g/mol. The van der Waals surface area contributed by atoms with Crippen LogP contribution in [0.4, 0.5) is 8.78 Å². The SMILES string of the molecule is COC(=O)Cc1cc(C(F)F)cnc1Cl. The summed E-state index contributed by atoms with van der Waals surface area (Å²) < 4.78 is 29.0. The van der Waals surface area contributed by atoms with Crippen molar-refractivity contribution < 1.29 is 18.3 Å². The fourth-order valence-corrected chi connectivity index (χ4v) is 1.15. The number of carbonyl (C=O) groups excluding carboxylic acids is 1. The molecule has 82 valence electrons. The molecule has 0 atom stereocenters. The van der Waals surface area contributed by atoms with E-state index in [2.05, 4.69) is 9.72 Å². The predicted molar refractivity (Wildman–Crippen MR) is 49.9 cm³/mol. The Balaban J connectivity index is 2.95. The number of methoxy groups -OCH3 is 1. The zero-order chi connectivity index (χ0) is 11.4. The Labute approximate surface area is 90.0 Å². The number of rotatable bonds is 3. The molecule has 15 heavy (non-hydrogen) atoms. The van der Waals surface area contributed by atoms with Crippen LogP contribution in [0.15, 0.2) is 12.3 Å². The molecule has 1 rings (SSSR count). The van der Waals surface area contributed by atoms with Gasteiger partial charge in [-0.05, 0) is 6.07 Å². The average molecular weight is 236 g/mol. The van der Waals surface area contributed by atoms with Crippen LogP contribution in [-0.4, -0.2) is 18.1 Å². The first-order chi connectivity index (χ1) is 7.04. The van der Waals surface area contributed by atoms with Crippen LogP contribution < -0.4 is 0 Å². The minimum atomic E-state index is -2.63. The molecule has 0 saturated carbocycles. The molecule has 0 spiro atoms. The van der Waals surface area contributed by atoms with Gasteiger partial charge in [0.25, 0.3) is 6.43 Å². The Morgan fingerprint density at radius 2 is 2.33 bits per heavy atom. The summed E-state index contributed by atoms with van der Waals surface area (Å²) in [5, 5.41) is 0.0322. The first-order valence-electron chi connectivity index (χ1n) is 4.04. The van der Waals surface area contributed by atoms with Crippen LogP contribution in [0.1, 0.15) is 17.6 Å². The van der Waals surface area contributed by atoms with E-state index in [0.717, 1.165) is 12.3 Å². The van der Waals surface area contributed by atoms with Crippen molar-refractivity contribution in [1.29, 1.82) is 0 Å². The van der Waals surface area contributed by atoms with Gasteiger partial charge in [-0.15, -0.1) is 0 Å². The molecule has 1 aromatic rings. The van der Waals surface area contributed by atoms with Crippen LogP contribution in [0.25, 0.3) is 0 Å². The van der Waals surface area contributed by atoms with Crippen molar-refractivity contribution in [3.05, 3.63) is 28.5 Å². The van der Waals surface area contributed by atoms with E-state index in [1.165, 1.54) is 7.11 Å². The van der Waals surface area contributed by atoms with Gasteiger partial charge >= 0.3 is 5.97 Å². The fourth-order valence-electron chi connectivity index (χ4n) is 0.983. The zero-order valence-electron chi connectivity index (χ0n) is 7.84. The maximum atomic E-state index is 12.3. The minimum absolute atomic E-state index is 0.0322. The van der Waals surface area contributed by atoms with Crippen molar-refractivity contribution in [2.75, 3.05) is 7.11 Å². The molecule has 0 amide bonds. The third-order valence-electron chi connectivity index (χ3n) is 1.75. The molecule has 6 heteroatoms. The fraction of sp³-hybridized carbons (Fsp3) is 0.333. The van der Waals surface area contributed by atoms with Crippen LogP contribution in [0.2, 0.25) is 5.15 Å². The highest BCUT2D eigenvalue weighted by Crippen LogP contribution is 2.22. The van der Waals surface area contributed by atoms with Gasteiger partial charge in [-0.25, -0.2) is 13.8 Å². The summed E-state index contributed by atoms with van der Waals surface area (Å²) >= 11 is 5.64. The number of aromatic nitrogens is 1. The highest BCUT2D eigenvalue weighted by molar-refractivity contribution is 6.30. The third kappa shape index (κ3) is 3.13. The highest BCUT2D eigenvalue weighted by Gasteiger charge is 2.13. The summed E-state index contributed by atoms with van der Waals surface area (Å²) in [7, 11) is 1.21. The lowest BCUT2D eigenvalue weighted by Crippen LogP contribution is -2.06. The highest BCUT2D eigenvalue weighted by atomic mass is 35.5. The monoisotopic (exact) mass is 235 g/mol. The van der Waals surface area contributed by atoms with Crippen LogP contribution in [0.3, 0.4) is 0 Å². The smallest absolute Gasteiger partial charge is 0.310 e. The van der Waals surface area contributed by atoms with E-state index >= 15 is 0 Å².